The third kappa shape index (κ3) is 5.69. The highest BCUT2D eigenvalue weighted by Crippen LogP contribution is 2.39. The van der Waals surface area contributed by atoms with Crippen LogP contribution in [0.25, 0.3) is 11.1 Å². The predicted octanol–water partition coefficient (Wildman–Crippen LogP) is 4.40. The first-order chi connectivity index (χ1) is 16.0. The molecule has 2 aromatic carbocycles. The van der Waals surface area contributed by atoms with E-state index in [2.05, 4.69) is 5.32 Å². The van der Waals surface area contributed by atoms with Crippen LogP contribution < -0.4 is 14.8 Å². The van der Waals surface area contributed by atoms with E-state index >= 15 is 0 Å². The molecule has 1 N–H and O–H groups in total. The highest BCUT2D eigenvalue weighted by molar-refractivity contribution is 7.15. The van der Waals surface area contributed by atoms with Crippen LogP contribution in [0.3, 0.4) is 0 Å². The molecule has 0 unspecified atom stereocenters. The third-order valence-electron chi connectivity index (χ3n) is 4.56. The number of methoxy groups -OCH3 is 2. The number of hydrogen-bond acceptors (Lipinski definition) is 8. The first-order valence-corrected chi connectivity index (χ1v) is 10.9. The lowest BCUT2D eigenvalue weighted by Gasteiger charge is -2.11. The summed E-state index contributed by atoms with van der Waals surface area (Å²) in [6.07, 6.45) is 0. The zero-order valence-corrected chi connectivity index (χ0v) is 19.2. The van der Waals surface area contributed by atoms with Gasteiger partial charge in [-0.15, -0.1) is 11.3 Å². The van der Waals surface area contributed by atoms with Gasteiger partial charge in [0.15, 0.2) is 18.1 Å². The van der Waals surface area contributed by atoms with E-state index in [1.54, 1.807) is 60.8 Å². The standard InChI is InChI=1S/C24H23NO7S/c1-4-31-24(28)21-17(16-10-11-18(29-2)19(12-16)30-3)14-33-22(21)25-20(26)13-32-23(27)15-8-6-5-7-9-15/h5-12,14H,4,13H2,1-3H3,(H,25,26). The summed E-state index contributed by atoms with van der Waals surface area (Å²) < 4.78 is 20.9. The fraction of sp³-hybridized carbons (Fsp3) is 0.208. The summed E-state index contributed by atoms with van der Waals surface area (Å²) in [7, 11) is 3.05. The molecular weight excluding hydrogens is 446 g/mol. The van der Waals surface area contributed by atoms with E-state index in [9.17, 15) is 14.4 Å². The maximum atomic E-state index is 12.7. The Morgan fingerprint density at radius 1 is 0.909 bits per heavy atom. The van der Waals surface area contributed by atoms with E-state index in [1.807, 2.05) is 0 Å². The van der Waals surface area contributed by atoms with E-state index in [0.717, 1.165) is 11.3 Å². The Morgan fingerprint density at radius 2 is 1.64 bits per heavy atom. The van der Waals surface area contributed by atoms with E-state index in [-0.39, 0.29) is 12.2 Å². The quantitative estimate of drug-likeness (QED) is 0.464. The molecule has 0 fully saturated rings. The van der Waals surface area contributed by atoms with Crippen LogP contribution >= 0.6 is 11.3 Å². The Hall–Kier alpha value is -3.85. The number of anilines is 1. The molecule has 0 radical (unpaired) electrons. The maximum absolute atomic E-state index is 12.7. The Morgan fingerprint density at radius 3 is 2.30 bits per heavy atom. The summed E-state index contributed by atoms with van der Waals surface area (Å²) in [5.41, 5.74) is 1.79. The summed E-state index contributed by atoms with van der Waals surface area (Å²) >= 11 is 1.16. The number of esters is 2. The number of hydrogen-bond donors (Lipinski definition) is 1. The summed E-state index contributed by atoms with van der Waals surface area (Å²) in [6, 6.07) is 13.6. The minimum absolute atomic E-state index is 0.169. The minimum Gasteiger partial charge on any atom is -0.493 e. The van der Waals surface area contributed by atoms with Crippen molar-refractivity contribution in [3.8, 4) is 22.6 Å². The van der Waals surface area contributed by atoms with Crippen LogP contribution in [0.15, 0.2) is 53.9 Å². The van der Waals surface area contributed by atoms with Gasteiger partial charge in [-0.1, -0.05) is 24.3 Å². The predicted molar refractivity (Wildman–Crippen MR) is 124 cm³/mol. The Labute approximate surface area is 195 Å². The molecule has 0 saturated heterocycles. The highest BCUT2D eigenvalue weighted by Gasteiger charge is 2.24. The minimum atomic E-state index is -0.617. The topological polar surface area (TPSA) is 100 Å². The van der Waals surface area contributed by atoms with Crippen molar-refractivity contribution >= 4 is 34.2 Å². The lowest BCUT2D eigenvalue weighted by Crippen LogP contribution is -2.21. The van der Waals surface area contributed by atoms with Crippen LogP contribution in [-0.4, -0.2) is 45.3 Å². The van der Waals surface area contributed by atoms with Crippen molar-refractivity contribution in [3.63, 3.8) is 0 Å². The van der Waals surface area contributed by atoms with E-state index in [0.29, 0.717) is 33.2 Å². The molecule has 3 rings (SSSR count). The molecule has 33 heavy (non-hydrogen) atoms. The van der Waals surface area contributed by atoms with Crippen LogP contribution in [-0.2, 0) is 14.3 Å². The van der Waals surface area contributed by atoms with E-state index < -0.39 is 24.5 Å². The second-order valence-electron chi connectivity index (χ2n) is 6.63. The van der Waals surface area contributed by atoms with Gasteiger partial charge in [-0.05, 0) is 36.8 Å². The van der Waals surface area contributed by atoms with Gasteiger partial charge in [-0.3, -0.25) is 4.79 Å². The first-order valence-electron chi connectivity index (χ1n) is 10.0. The molecule has 0 bridgehead atoms. The second kappa shape index (κ2) is 11.1. The SMILES string of the molecule is CCOC(=O)c1c(-c2ccc(OC)c(OC)c2)csc1NC(=O)COC(=O)c1ccccc1. The van der Waals surface area contributed by atoms with Crippen molar-refractivity contribution in [1.29, 1.82) is 0 Å². The van der Waals surface area contributed by atoms with Gasteiger partial charge in [0.05, 0.1) is 26.4 Å². The normalized spacial score (nSPS) is 10.3. The van der Waals surface area contributed by atoms with Crippen molar-refractivity contribution in [1.82, 2.24) is 0 Å². The molecule has 0 aliphatic carbocycles. The number of carbonyl (C=O) groups excluding carboxylic acids is 3. The highest BCUT2D eigenvalue weighted by atomic mass is 32.1. The molecule has 3 aromatic rings. The molecule has 0 saturated carbocycles. The average Bonchev–Trinajstić information content (AvgIpc) is 3.26. The number of rotatable bonds is 9. The molecular formula is C24H23NO7S. The van der Waals surface area contributed by atoms with Crippen molar-refractivity contribution in [3.05, 3.63) is 65.0 Å². The van der Waals surface area contributed by atoms with Gasteiger partial charge >= 0.3 is 11.9 Å². The second-order valence-corrected chi connectivity index (χ2v) is 7.51. The van der Waals surface area contributed by atoms with Gasteiger partial charge in [0.2, 0.25) is 0 Å². The Bertz CT molecular complexity index is 1140. The molecule has 1 amide bonds. The third-order valence-corrected chi connectivity index (χ3v) is 5.46. The Balaban J connectivity index is 1.82. The molecule has 8 nitrogen and oxygen atoms in total. The van der Waals surface area contributed by atoms with Gasteiger partial charge in [0.1, 0.15) is 10.6 Å². The summed E-state index contributed by atoms with van der Waals surface area (Å²) in [5.74, 6) is -0.739. The number of carbonyl (C=O) groups is 3. The summed E-state index contributed by atoms with van der Waals surface area (Å²) in [6.45, 7) is 1.36. The first kappa shape index (κ1) is 23.8. The zero-order valence-electron chi connectivity index (χ0n) is 18.4. The van der Waals surface area contributed by atoms with Crippen LogP contribution in [0.5, 0.6) is 11.5 Å². The maximum Gasteiger partial charge on any atom is 0.341 e. The van der Waals surface area contributed by atoms with Gasteiger partial charge in [0.25, 0.3) is 5.91 Å². The summed E-state index contributed by atoms with van der Waals surface area (Å²) in [5, 5.41) is 4.67. The molecule has 172 valence electrons. The number of nitrogens with one attached hydrogen (secondary N) is 1. The number of thiophene rings is 1. The molecule has 0 aliphatic rings. The molecule has 1 heterocycles. The molecule has 9 heteroatoms. The number of ether oxygens (including phenoxy) is 4. The van der Waals surface area contributed by atoms with Crippen molar-refractivity contribution < 1.29 is 33.3 Å². The molecule has 0 aliphatic heterocycles. The molecule has 0 atom stereocenters. The smallest absolute Gasteiger partial charge is 0.341 e. The lowest BCUT2D eigenvalue weighted by molar-refractivity contribution is -0.119. The van der Waals surface area contributed by atoms with Crippen molar-refractivity contribution in [2.24, 2.45) is 0 Å². The van der Waals surface area contributed by atoms with Crippen LogP contribution in [0, 0.1) is 0 Å². The average molecular weight is 470 g/mol. The van der Waals surface area contributed by atoms with Gasteiger partial charge in [-0.25, -0.2) is 9.59 Å². The lowest BCUT2D eigenvalue weighted by atomic mass is 10.0. The van der Waals surface area contributed by atoms with Gasteiger partial charge in [-0.2, -0.15) is 0 Å². The summed E-state index contributed by atoms with van der Waals surface area (Å²) in [4.78, 5) is 37.2. The number of amides is 1. The van der Waals surface area contributed by atoms with Crippen molar-refractivity contribution in [2.45, 2.75) is 6.92 Å². The molecule has 0 spiro atoms. The van der Waals surface area contributed by atoms with Crippen LogP contribution in [0.4, 0.5) is 5.00 Å². The Kier molecular flexibility index (Phi) is 8.04. The largest absolute Gasteiger partial charge is 0.493 e. The van der Waals surface area contributed by atoms with Crippen LogP contribution in [0.2, 0.25) is 0 Å². The van der Waals surface area contributed by atoms with Gasteiger partial charge < -0.3 is 24.3 Å². The van der Waals surface area contributed by atoms with E-state index in [1.165, 1.54) is 14.2 Å². The monoisotopic (exact) mass is 469 g/mol. The van der Waals surface area contributed by atoms with Crippen molar-refractivity contribution in [2.75, 3.05) is 32.8 Å². The fourth-order valence-corrected chi connectivity index (χ4v) is 4.00. The van der Waals surface area contributed by atoms with E-state index in [4.69, 9.17) is 18.9 Å². The van der Waals surface area contributed by atoms with Crippen LogP contribution in [0.1, 0.15) is 27.6 Å². The molecule has 1 aromatic heterocycles. The number of benzene rings is 2. The zero-order chi connectivity index (χ0) is 23.8. The fourth-order valence-electron chi connectivity index (χ4n) is 3.02. The van der Waals surface area contributed by atoms with Gasteiger partial charge in [0, 0.05) is 10.9 Å².